The maximum Gasteiger partial charge on any atom is 0.308 e. The van der Waals surface area contributed by atoms with Crippen LogP contribution < -0.4 is 5.32 Å². The van der Waals surface area contributed by atoms with Crippen LogP contribution in [0.4, 0.5) is 0 Å². The second kappa shape index (κ2) is 7.80. The molecule has 140 valence electrons. The average molecular weight is 359 g/mol. The molecule has 1 fully saturated rings. The van der Waals surface area contributed by atoms with E-state index in [0.29, 0.717) is 25.0 Å². The highest BCUT2D eigenvalue weighted by molar-refractivity contribution is 5.78. The van der Waals surface area contributed by atoms with Gasteiger partial charge in [0.2, 0.25) is 5.91 Å². The molecule has 1 saturated carbocycles. The molecule has 0 radical (unpaired) electrons. The van der Waals surface area contributed by atoms with Gasteiger partial charge in [-0.05, 0) is 38.7 Å². The number of nitrogens with zero attached hydrogens (tertiary/aromatic N) is 4. The lowest BCUT2D eigenvalue weighted by Crippen LogP contribution is -2.42. The van der Waals surface area contributed by atoms with Gasteiger partial charge in [0, 0.05) is 23.9 Å². The van der Waals surface area contributed by atoms with Crippen LogP contribution in [0.2, 0.25) is 0 Å². The Bertz CT molecular complexity index is 817. The van der Waals surface area contributed by atoms with E-state index in [1.807, 2.05) is 13.8 Å². The Labute approximate surface area is 152 Å². The number of aliphatic carboxylic acids is 1. The number of hydrogen-bond acceptors (Lipinski definition) is 5. The largest absolute Gasteiger partial charge is 0.481 e. The normalized spacial score (nSPS) is 20.7. The van der Waals surface area contributed by atoms with E-state index in [1.54, 1.807) is 4.52 Å². The van der Waals surface area contributed by atoms with Crippen molar-refractivity contribution in [3.8, 4) is 0 Å². The number of hydrogen-bond donors (Lipinski definition) is 2. The molecule has 0 spiro atoms. The summed E-state index contributed by atoms with van der Waals surface area (Å²) in [4.78, 5) is 32.4. The molecule has 8 nitrogen and oxygen atoms in total. The van der Waals surface area contributed by atoms with E-state index in [0.717, 1.165) is 42.6 Å². The molecule has 8 heteroatoms. The molecule has 2 aromatic heterocycles. The fourth-order valence-electron chi connectivity index (χ4n) is 3.81. The molecule has 0 saturated heterocycles. The number of aromatic nitrogens is 4. The number of aryl methyl sites for hydroxylation is 2. The van der Waals surface area contributed by atoms with Crippen molar-refractivity contribution in [3.63, 3.8) is 0 Å². The highest BCUT2D eigenvalue weighted by Gasteiger charge is 2.30. The molecule has 0 aliphatic heterocycles. The Morgan fingerprint density at radius 1 is 1.27 bits per heavy atom. The molecule has 0 bridgehead atoms. The molecule has 3 rings (SSSR count). The second-order valence-electron chi connectivity index (χ2n) is 6.99. The third-order valence-electron chi connectivity index (χ3n) is 5.27. The number of amides is 1. The van der Waals surface area contributed by atoms with Gasteiger partial charge in [-0.3, -0.25) is 9.59 Å². The van der Waals surface area contributed by atoms with Crippen molar-refractivity contribution in [1.82, 2.24) is 24.9 Å². The standard InChI is InChI=1S/C18H25N5O3/c1-11-13(12(2)23-18(21-11)19-10-20-23)8-9-16(24)22-15-7-5-3-4-6-14(15)17(25)26/h10,14-15H,3-9H2,1-2H3,(H,22,24)(H,25,26)/t14-,15+/m1/s1. The molecular formula is C18H25N5O3. The third kappa shape index (κ3) is 3.84. The number of carboxylic acid groups (broad SMARTS) is 1. The maximum absolute atomic E-state index is 12.4. The van der Waals surface area contributed by atoms with E-state index < -0.39 is 11.9 Å². The zero-order valence-corrected chi connectivity index (χ0v) is 15.2. The molecule has 1 amide bonds. The van der Waals surface area contributed by atoms with E-state index in [1.165, 1.54) is 6.33 Å². The lowest BCUT2D eigenvalue weighted by Gasteiger charge is -2.23. The average Bonchev–Trinajstić information content (AvgIpc) is 2.92. The Kier molecular flexibility index (Phi) is 5.49. The van der Waals surface area contributed by atoms with E-state index in [2.05, 4.69) is 20.4 Å². The number of nitrogens with one attached hydrogen (secondary N) is 1. The Morgan fingerprint density at radius 3 is 2.81 bits per heavy atom. The van der Waals surface area contributed by atoms with Gasteiger partial charge in [-0.1, -0.05) is 19.3 Å². The van der Waals surface area contributed by atoms with Gasteiger partial charge in [-0.2, -0.15) is 10.1 Å². The molecule has 26 heavy (non-hydrogen) atoms. The van der Waals surface area contributed by atoms with Crippen LogP contribution in [0.1, 0.15) is 55.5 Å². The lowest BCUT2D eigenvalue weighted by atomic mass is 9.94. The van der Waals surface area contributed by atoms with Gasteiger partial charge in [0.25, 0.3) is 5.78 Å². The summed E-state index contributed by atoms with van der Waals surface area (Å²) in [5, 5.41) is 16.5. The van der Waals surface area contributed by atoms with Gasteiger partial charge in [-0.15, -0.1) is 0 Å². The van der Waals surface area contributed by atoms with E-state index in [9.17, 15) is 14.7 Å². The zero-order chi connectivity index (χ0) is 18.7. The summed E-state index contributed by atoms with van der Waals surface area (Å²) in [6, 6.07) is -0.277. The van der Waals surface area contributed by atoms with Crippen molar-refractivity contribution >= 4 is 17.7 Å². The van der Waals surface area contributed by atoms with Crippen LogP contribution in [0.15, 0.2) is 6.33 Å². The van der Waals surface area contributed by atoms with Crippen LogP contribution in [0.5, 0.6) is 0 Å². The number of carbonyl (C=O) groups is 2. The highest BCUT2D eigenvalue weighted by Crippen LogP contribution is 2.24. The van der Waals surface area contributed by atoms with E-state index in [4.69, 9.17) is 0 Å². The molecule has 2 heterocycles. The SMILES string of the molecule is Cc1nc2ncnn2c(C)c1CCC(=O)N[C@H]1CCCCC[C@H]1C(=O)O. The lowest BCUT2D eigenvalue weighted by molar-refractivity contribution is -0.143. The summed E-state index contributed by atoms with van der Waals surface area (Å²) in [6.45, 7) is 3.84. The van der Waals surface area contributed by atoms with Gasteiger partial charge in [-0.25, -0.2) is 9.50 Å². The third-order valence-corrected chi connectivity index (χ3v) is 5.27. The van der Waals surface area contributed by atoms with E-state index >= 15 is 0 Å². The van der Waals surface area contributed by atoms with Crippen LogP contribution in [0, 0.1) is 19.8 Å². The summed E-state index contributed by atoms with van der Waals surface area (Å²) >= 11 is 0. The van der Waals surface area contributed by atoms with Crippen molar-refractivity contribution in [2.45, 2.75) is 64.8 Å². The van der Waals surface area contributed by atoms with Gasteiger partial charge >= 0.3 is 5.97 Å². The predicted octanol–water partition coefficient (Wildman–Crippen LogP) is 1.82. The smallest absolute Gasteiger partial charge is 0.308 e. The van der Waals surface area contributed by atoms with Crippen molar-refractivity contribution in [2.24, 2.45) is 5.92 Å². The summed E-state index contributed by atoms with van der Waals surface area (Å²) < 4.78 is 1.67. The molecule has 2 aromatic rings. The number of fused-ring (bicyclic) bond motifs is 1. The van der Waals surface area contributed by atoms with Gasteiger partial charge in [0.15, 0.2) is 0 Å². The highest BCUT2D eigenvalue weighted by atomic mass is 16.4. The van der Waals surface area contributed by atoms with Crippen molar-refractivity contribution < 1.29 is 14.7 Å². The quantitative estimate of drug-likeness (QED) is 0.788. The van der Waals surface area contributed by atoms with Crippen LogP contribution in [0.25, 0.3) is 5.78 Å². The van der Waals surface area contributed by atoms with E-state index in [-0.39, 0.29) is 11.9 Å². The molecule has 1 aliphatic carbocycles. The van der Waals surface area contributed by atoms with Crippen LogP contribution >= 0.6 is 0 Å². The Morgan fingerprint density at radius 2 is 2.04 bits per heavy atom. The van der Waals surface area contributed by atoms with Crippen LogP contribution in [0.3, 0.4) is 0 Å². The second-order valence-corrected chi connectivity index (χ2v) is 6.99. The van der Waals surface area contributed by atoms with Crippen LogP contribution in [-0.2, 0) is 16.0 Å². The molecule has 2 atom stereocenters. The van der Waals surface area contributed by atoms with Crippen molar-refractivity contribution in [3.05, 3.63) is 23.3 Å². The number of carboxylic acids is 1. The first kappa shape index (κ1) is 18.3. The number of carbonyl (C=O) groups excluding carboxylic acids is 1. The number of rotatable bonds is 5. The minimum atomic E-state index is -0.815. The fraction of sp³-hybridized carbons (Fsp3) is 0.611. The fourth-order valence-corrected chi connectivity index (χ4v) is 3.81. The summed E-state index contributed by atoms with van der Waals surface area (Å²) in [6.07, 6.45) is 6.55. The first-order chi connectivity index (χ1) is 12.5. The molecule has 0 aromatic carbocycles. The van der Waals surface area contributed by atoms with Gasteiger partial charge < -0.3 is 10.4 Å². The molecule has 0 unspecified atom stereocenters. The summed E-state index contributed by atoms with van der Waals surface area (Å²) in [5.74, 6) is -0.862. The minimum Gasteiger partial charge on any atom is -0.481 e. The van der Waals surface area contributed by atoms with Crippen molar-refractivity contribution in [2.75, 3.05) is 0 Å². The minimum absolute atomic E-state index is 0.111. The summed E-state index contributed by atoms with van der Waals surface area (Å²) in [7, 11) is 0. The maximum atomic E-state index is 12.4. The predicted molar refractivity (Wildman–Crippen MR) is 94.7 cm³/mol. The Balaban J connectivity index is 1.66. The molecule has 1 aliphatic rings. The van der Waals surface area contributed by atoms with Gasteiger partial charge in [0.05, 0.1) is 5.92 Å². The molecular weight excluding hydrogens is 334 g/mol. The monoisotopic (exact) mass is 359 g/mol. The van der Waals surface area contributed by atoms with Gasteiger partial charge in [0.1, 0.15) is 6.33 Å². The first-order valence-electron chi connectivity index (χ1n) is 9.15. The van der Waals surface area contributed by atoms with Crippen LogP contribution in [-0.4, -0.2) is 42.6 Å². The molecule has 2 N–H and O–H groups in total. The summed E-state index contributed by atoms with van der Waals surface area (Å²) in [5.41, 5.74) is 2.75. The first-order valence-corrected chi connectivity index (χ1v) is 9.15. The Hall–Kier alpha value is -2.51. The zero-order valence-electron chi connectivity index (χ0n) is 15.2. The van der Waals surface area contributed by atoms with Crippen molar-refractivity contribution in [1.29, 1.82) is 0 Å². The topological polar surface area (TPSA) is 109 Å².